The van der Waals surface area contributed by atoms with Crippen molar-refractivity contribution in [3.8, 4) is 11.3 Å². The predicted octanol–water partition coefficient (Wildman–Crippen LogP) is 3.79. The Balaban J connectivity index is 1.21. The summed E-state index contributed by atoms with van der Waals surface area (Å²) in [5, 5.41) is 2.18. The van der Waals surface area contributed by atoms with Crippen LogP contribution in [-0.4, -0.2) is 71.5 Å². The van der Waals surface area contributed by atoms with E-state index in [-0.39, 0.29) is 5.91 Å². The molecule has 2 saturated heterocycles. The van der Waals surface area contributed by atoms with Gasteiger partial charge in [-0.15, -0.1) is 0 Å². The van der Waals surface area contributed by atoms with Crippen molar-refractivity contribution in [1.82, 2.24) is 19.8 Å². The van der Waals surface area contributed by atoms with Gasteiger partial charge in [-0.2, -0.15) is 0 Å². The number of carbonyl (C=O) groups excluding carboxylic acids is 1. The SMILES string of the molecule is O=C(CN1CCN(c2cc(-c3cccc4oc5ccccc5c34)ncn2)CC1)N1CCCC1. The number of aromatic nitrogens is 2. The van der Waals surface area contributed by atoms with E-state index in [0.717, 1.165) is 91.1 Å². The fourth-order valence-electron chi connectivity index (χ4n) is 5.05. The number of benzene rings is 2. The molecule has 168 valence electrons. The third kappa shape index (κ3) is 3.82. The number of carbonyl (C=O) groups is 1. The molecule has 33 heavy (non-hydrogen) atoms. The van der Waals surface area contributed by atoms with Crippen LogP contribution in [0.3, 0.4) is 0 Å². The van der Waals surface area contributed by atoms with E-state index in [1.807, 2.05) is 35.2 Å². The number of amides is 1. The highest BCUT2D eigenvalue weighted by molar-refractivity contribution is 6.12. The molecule has 0 unspecified atom stereocenters. The molecule has 7 nitrogen and oxygen atoms in total. The molecular weight excluding hydrogens is 414 g/mol. The molecule has 0 radical (unpaired) electrons. The first-order valence-electron chi connectivity index (χ1n) is 11.7. The summed E-state index contributed by atoms with van der Waals surface area (Å²) in [5.41, 5.74) is 3.69. The van der Waals surface area contributed by atoms with E-state index in [9.17, 15) is 4.79 Å². The maximum absolute atomic E-state index is 12.5. The first-order chi connectivity index (χ1) is 16.3. The second kappa shape index (κ2) is 8.48. The lowest BCUT2D eigenvalue weighted by Gasteiger charge is -2.35. The Hall–Kier alpha value is -3.45. The number of piperazine rings is 1. The van der Waals surface area contributed by atoms with E-state index in [2.05, 4.69) is 38.0 Å². The Morgan fingerprint density at radius 3 is 2.52 bits per heavy atom. The first-order valence-corrected chi connectivity index (χ1v) is 11.7. The first kappa shape index (κ1) is 20.2. The molecule has 0 saturated carbocycles. The monoisotopic (exact) mass is 441 g/mol. The molecule has 6 rings (SSSR count). The molecule has 4 heterocycles. The molecule has 2 aliphatic heterocycles. The number of fused-ring (bicyclic) bond motifs is 3. The van der Waals surface area contributed by atoms with Crippen molar-refractivity contribution in [2.75, 3.05) is 50.7 Å². The van der Waals surface area contributed by atoms with E-state index in [1.165, 1.54) is 0 Å². The van der Waals surface area contributed by atoms with E-state index in [0.29, 0.717) is 6.54 Å². The molecule has 0 bridgehead atoms. The van der Waals surface area contributed by atoms with E-state index >= 15 is 0 Å². The second-order valence-electron chi connectivity index (χ2n) is 8.89. The quantitative estimate of drug-likeness (QED) is 0.480. The van der Waals surface area contributed by atoms with Crippen molar-refractivity contribution in [2.24, 2.45) is 0 Å². The summed E-state index contributed by atoms with van der Waals surface area (Å²) in [6, 6.07) is 16.3. The average molecular weight is 442 g/mol. The Morgan fingerprint density at radius 2 is 1.67 bits per heavy atom. The summed E-state index contributed by atoms with van der Waals surface area (Å²) in [7, 11) is 0. The van der Waals surface area contributed by atoms with Gasteiger partial charge in [0.2, 0.25) is 5.91 Å². The standard InChI is InChI=1S/C26H27N5O2/c32-25(31-10-3-4-11-31)17-29-12-14-30(15-13-29)24-16-21(27-18-28-24)19-7-5-9-23-26(19)20-6-1-2-8-22(20)33-23/h1-2,5-9,16,18H,3-4,10-15,17H2. The number of rotatable bonds is 4. The number of hydrogen-bond donors (Lipinski definition) is 0. The van der Waals surface area contributed by atoms with Gasteiger partial charge in [0.25, 0.3) is 0 Å². The van der Waals surface area contributed by atoms with Gasteiger partial charge in [-0.05, 0) is 25.0 Å². The highest BCUT2D eigenvalue weighted by atomic mass is 16.3. The Morgan fingerprint density at radius 1 is 0.879 bits per heavy atom. The number of para-hydroxylation sites is 1. The molecule has 0 spiro atoms. The molecule has 4 aromatic rings. The van der Waals surface area contributed by atoms with Crippen molar-refractivity contribution in [1.29, 1.82) is 0 Å². The molecular formula is C26H27N5O2. The molecule has 7 heteroatoms. The van der Waals surface area contributed by atoms with Gasteiger partial charge >= 0.3 is 0 Å². The Bertz CT molecular complexity index is 1300. The largest absolute Gasteiger partial charge is 0.456 e. The fraction of sp³-hybridized carbons (Fsp3) is 0.346. The summed E-state index contributed by atoms with van der Waals surface area (Å²) >= 11 is 0. The van der Waals surface area contributed by atoms with E-state index in [4.69, 9.17) is 4.42 Å². The van der Waals surface area contributed by atoms with Crippen molar-refractivity contribution in [3.63, 3.8) is 0 Å². The van der Waals surface area contributed by atoms with Gasteiger partial charge in [0, 0.05) is 61.7 Å². The third-order valence-electron chi connectivity index (χ3n) is 6.85. The molecule has 2 fully saturated rings. The normalized spacial score (nSPS) is 17.3. The molecule has 2 aliphatic rings. The summed E-state index contributed by atoms with van der Waals surface area (Å²) in [4.78, 5) is 28.2. The van der Waals surface area contributed by atoms with E-state index < -0.39 is 0 Å². The topological polar surface area (TPSA) is 65.7 Å². The lowest BCUT2D eigenvalue weighted by Crippen LogP contribution is -2.50. The lowest BCUT2D eigenvalue weighted by molar-refractivity contribution is -0.131. The lowest BCUT2D eigenvalue weighted by atomic mass is 10.0. The number of nitrogens with zero attached hydrogens (tertiary/aromatic N) is 5. The van der Waals surface area contributed by atoms with Gasteiger partial charge in [0.05, 0.1) is 12.2 Å². The van der Waals surface area contributed by atoms with Crippen LogP contribution in [0.1, 0.15) is 12.8 Å². The number of anilines is 1. The van der Waals surface area contributed by atoms with Gasteiger partial charge in [-0.3, -0.25) is 9.69 Å². The zero-order valence-electron chi connectivity index (χ0n) is 18.6. The minimum absolute atomic E-state index is 0.269. The van der Waals surface area contributed by atoms with Crippen LogP contribution in [0.15, 0.2) is 59.3 Å². The van der Waals surface area contributed by atoms with Crippen LogP contribution in [0, 0.1) is 0 Å². The minimum atomic E-state index is 0.269. The van der Waals surface area contributed by atoms with Crippen molar-refractivity contribution in [2.45, 2.75) is 12.8 Å². The molecule has 1 amide bonds. The van der Waals surface area contributed by atoms with E-state index in [1.54, 1.807) is 6.33 Å². The Labute approximate surface area is 192 Å². The number of furan rings is 1. The molecule has 0 N–H and O–H groups in total. The van der Waals surface area contributed by atoms with Crippen LogP contribution in [-0.2, 0) is 4.79 Å². The molecule has 2 aromatic heterocycles. The maximum Gasteiger partial charge on any atom is 0.236 e. The van der Waals surface area contributed by atoms with Crippen molar-refractivity contribution < 1.29 is 9.21 Å². The smallest absolute Gasteiger partial charge is 0.236 e. The summed E-state index contributed by atoms with van der Waals surface area (Å²) < 4.78 is 6.05. The average Bonchev–Trinajstić information content (AvgIpc) is 3.53. The van der Waals surface area contributed by atoms with Gasteiger partial charge in [0.15, 0.2) is 0 Å². The van der Waals surface area contributed by atoms with Crippen LogP contribution in [0.4, 0.5) is 5.82 Å². The van der Waals surface area contributed by atoms with Gasteiger partial charge in [0.1, 0.15) is 23.3 Å². The van der Waals surface area contributed by atoms with Crippen molar-refractivity contribution >= 4 is 33.7 Å². The maximum atomic E-state index is 12.5. The number of hydrogen-bond acceptors (Lipinski definition) is 6. The highest BCUT2D eigenvalue weighted by Gasteiger charge is 2.24. The molecule has 2 aromatic carbocycles. The van der Waals surface area contributed by atoms with Crippen molar-refractivity contribution in [3.05, 3.63) is 54.9 Å². The summed E-state index contributed by atoms with van der Waals surface area (Å²) in [5.74, 6) is 1.20. The Kier molecular flexibility index (Phi) is 5.19. The predicted molar refractivity (Wildman–Crippen MR) is 129 cm³/mol. The van der Waals surface area contributed by atoms with Gasteiger partial charge in [-0.25, -0.2) is 9.97 Å². The van der Waals surface area contributed by atoms with Crippen LogP contribution >= 0.6 is 0 Å². The van der Waals surface area contributed by atoms with Crippen LogP contribution in [0.5, 0.6) is 0 Å². The third-order valence-corrected chi connectivity index (χ3v) is 6.85. The van der Waals surface area contributed by atoms with Crippen LogP contribution in [0.2, 0.25) is 0 Å². The fourth-order valence-corrected chi connectivity index (χ4v) is 5.05. The summed E-state index contributed by atoms with van der Waals surface area (Å²) in [6.07, 6.45) is 3.92. The molecule has 0 atom stereocenters. The number of likely N-dealkylation sites (tertiary alicyclic amines) is 1. The van der Waals surface area contributed by atoms with Crippen LogP contribution < -0.4 is 4.90 Å². The minimum Gasteiger partial charge on any atom is -0.456 e. The zero-order chi connectivity index (χ0) is 22.2. The highest BCUT2D eigenvalue weighted by Crippen LogP contribution is 2.36. The summed E-state index contributed by atoms with van der Waals surface area (Å²) in [6.45, 7) is 5.79. The van der Waals surface area contributed by atoms with Gasteiger partial charge < -0.3 is 14.2 Å². The van der Waals surface area contributed by atoms with Crippen LogP contribution in [0.25, 0.3) is 33.2 Å². The van der Waals surface area contributed by atoms with Gasteiger partial charge in [-0.1, -0.05) is 30.3 Å². The second-order valence-corrected chi connectivity index (χ2v) is 8.89. The zero-order valence-corrected chi connectivity index (χ0v) is 18.6. The molecule has 0 aliphatic carbocycles.